The van der Waals surface area contributed by atoms with Crippen molar-refractivity contribution >= 4 is 51.3 Å². The summed E-state index contributed by atoms with van der Waals surface area (Å²) in [5.74, 6) is 0.0434. The Labute approximate surface area is 226 Å². The van der Waals surface area contributed by atoms with Gasteiger partial charge in [-0.25, -0.2) is 0 Å². The number of halogens is 2. The van der Waals surface area contributed by atoms with Gasteiger partial charge in [0, 0.05) is 60.0 Å². The molecule has 1 amide bonds. The number of hydrogen-bond donors (Lipinski definition) is 1. The summed E-state index contributed by atoms with van der Waals surface area (Å²) in [7, 11) is 0. The van der Waals surface area contributed by atoms with Crippen LogP contribution < -0.4 is 10.3 Å². The summed E-state index contributed by atoms with van der Waals surface area (Å²) in [4.78, 5) is 20.7. The van der Waals surface area contributed by atoms with Crippen molar-refractivity contribution in [3.63, 3.8) is 0 Å². The molecule has 2 heterocycles. The SMILES string of the molecule is O=C(CCCC1CC(c2cc(Cl)cc(Cl)c2)=NN1c1ccc2ccccc2c1)NCCc1cnccn1. The third kappa shape index (κ3) is 6.45. The van der Waals surface area contributed by atoms with E-state index in [-0.39, 0.29) is 11.9 Å². The maximum Gasteiger partial charge on any atom is 0.220 e. The maximum atomic E-state index is 12.4. The lowest BCUT2D eigenvalue weighted by atomic mass is 9.99. The lowest BCUT2D eigenvalue weighted by Gasteiger charge is -2.24. The number of carbonyl (C=O) groups excluding carboxylic acids is 1. The minimum absolute atomic E-state index is 0.0434. The van der Waals surface area contributed by atoms with E-state index in [4.69, 9.17) is 28.3 Å². The fraction of sp³-hybridized carbons (Fsp3) is 0.241. The van der Waals surface area contributed by atoms with Crippen LogP contribution in [-0.2, 0) is 11.2 Å². The average Bonchev–Trinajstić information content (AvgIpc) is 3.33. The highest BCUT2D eigenvalue weighted by atomic mass is 35.5. The van der Waals surface area contributed by atoms with Gasteiger partial charge in [-0.05, 0) is 53.9 Å². The first kappa shape index (κ1) is 25.2. The zero-order valence-corrected chi connectivity index (χ0v) is 21.8. The van der Waals surface area contributed by atoms with E-state index in [1.54, 1.807) is 24.7 Å². The van der Waals surface area contributed by atoms with Crippen molar-refractivity contribution in [3.05, 3.63) is 101 Å². The molecule has 1 aliphatic rings. The Morgan fingerprint density at radius 2 is 1.81 bits per heavy atom. The molecule has 0 radical (unpaired) electrons. The van der Waals surface area contributed by atoms with Gasteiger partial charge in [0.25, 0.3) is 0 Å². The predicted molar refractivity (Wildman–Crippen MR) is 150 cm³/mol. The van der Waals surface area contributed by atoms with Crippen LogP contribution in [0.3, 0.4) is 0 Å². The standard InChI is InChI=1S/C29H27Cl2N5O/c30-23-14-22(15-24(31)17-23)28-18-26(6-3-7-29(37)34-11-10-25-19-32-12-13-33-25)36(35-28)27-9-8-20-4-1-2-5-21(20)16-27/h1-2,4-5,8-9,12-17,19,26H,3,6-7,10-11,18H2,(H,34,37). The highest BCUT2D eigenvalue weighted by Gasteiger charge is 2.29. The summed E-state index contributed by atoms with van der Waals surface area (Å²) in [6.45, 7) is 0.549. The van der Waals surface area contributed by atoms with E-state index >= 15 is 0 Å². The molecule has 3 aromatic carbocycles. The van der Waals surface area contributed by atoms with Crippen LogP contribution in [0.25, 0.3) is 10.8 Å². The molecule has 1 atom stereocenters. The van der Waals surface area contributed by atoms with Gasteiger partial charge in [-0.1, -0.05) is 53.5 Å². The number of hydrogen-bond acceptors (Lipinski definition) is 5. The number of nitrogens with one attached hydrogen (secondary N) is 1. The molecule has 5 rings (SSSR count). The monoisotopic (exact) mass is 531 g/mol. The number of benzene rings is 3. The lowest BCUT2D eigenvalue weighted by Crippen LogP contribution is -2.28. The summed E-state index contributed by atoms with van der Waals surface area (Å²) in [5.41, 5.74) is 3.76. The fourth-order valence-electron chi connectivity index (χ4n) is 4.65. The Kier molecular flexibility index (Phi) is 7.97. The Morgan fingerprint density at radius 1 is 1.00 bits per heavy atom. The number of hydrazone groups is 1. The first-order valence-electron chi connectivity index (χ1n) is 12.4. The lowest BCUT2D eigenvalue weighted by molar-refractivity contribution is -0.121. The minimum atomic E-state index is 0.0434. The molecule has 1 aromatic heterocycles. The first-order chi connectivity index (χ1) is 18.0. The quantitative estimate of drug-likeness (QED) is 0.269. The van der Waals surface area contributed by atoms with E-state index in [0.717, 1.165) is 47.3 Å². The zero-order valence-electron chi connectivity index (χ0n) is 20.3. The molecule has 0 saturated carbocycles. The van der Waals surface area contributed by atoms with Crippen LogP contribution in [-0.4, -0.2) is 34.2 Å². The van der Waals surface area contributed by atoms with Gasteiger partial charge in [0.15, 0.2) is 0 Å². The van der Waals surface area contributed by atoms with Crippen molar-refractivity contribution in [1.82, 2.24) is 15.3 Å². The summed E-state index contributed by atoms with van der Waals surface area (Å²) < 4.78 is 0. The summed E-state index contributed by atoms with van der Waals surface area (Å²) in [6, 6.07) is 20.3. The van der Waals surface area contributed by atoms with Crippen LogP contribution in [0, 0.1) is 0 Å². The van der Waals surface area contributed by atoms with Gasteiger partial charge in [0.05, 0.1) is 23.1 Å². The van der Waals surface area contributed by atoms with Gasteiger partial charge in [0.1, 0.15) is 0 Å². The Bertz CT molecular complexity index is 1410. The molecule has 8 heteroatoms. The molecule has 6 nitrogen and oxygen atoms in total. The second-order valence-electron chi connectivity index (χ2n) is 9.13. The van der Waals surface area contributed by atoms with Crippen molar-refractivity contribution in [3.8, 4) is 0 Å². The topological polar surface area (TPSA) is 70.5 Å². The normalized spacial score (nSPS) is 15.1. The summed E-state index contributed by atoms with van der Waals surface area (Å²) in [5, 5.41) is 13.6. The van der Waals surface area contributed by atoms with Crippen molar-refractivity contribution < 1.29 is 4.79 Å². The Morgan fingerprint density at radius 3 is 2.59 bits per heavy atom. The summed E-state index contributed by atoms with van der Waals surface area (Å²) in [6.07, 6.45) is 8.47. The van der Waals surface area contributed by atoms with E-state index < -0.39 is 0 Å². The van der Waals surface area contributed by atoms with Crippen LogP contribution in [0.5, 0.6) is 0 Å². The molecular weight excluding hydrogens is 505 g/mol. The Hall–Kier alpha value is -3.48. The average molecular weight is 532 g/mol. The second kappa shape index (κ2) is 11.7. The van der Waals surface area contributed by atoms with E-state index in [1.807, 2.05) is 24.3 Å². The third-order valence-corrected chi connectivity index (χ3v) is 6.89. The third-order valence-electron chi connectivity index (χ3n) is 6.46. The predicted octanol–water partition coefficient (Wildman–Crippen LogP) is 6.45. The van der Waals surface area contributed by atoms with Crippen LogP contribution >= 0.6 is 23.2 Å². The molecule has 0 bridgehead atoms. The number of carbonyl (C=O) groups is 1. The first-order valence-corrected chi connectivity index (χ1v) is 13.1. The molecule has 0 fully saturated rings. The van der Waals surface area contributed by atoms with Gasteiger partial charge in [0.2, 0.25) is 5.91 Å². The smallest absolute Gasteiger partial charge is 0.220 e. The molecule has 1 N–H and O–H groups in total. The fourth-order valence-corrected chi connectivity index (χ4v) is 5.17. The molecule has 4 aromatic rings. The van der Waals surface area contributed by atoms with Gasteiger partial charge in [-0.3, -0.25) is 19.8 Å². The van der Waals surface area contributed by atoms with Gasteiger partial charge in [-0.15, -0.1) is 0 Å². The number of fused-ring (bicyclic) bond motifs is 1. The van der Waals surface area contributed by atoms with Crippen LogP contribution in [0.2, 0.25) is 10.0 Å². The number of amides is 1. The molecular formula is C29H27Cl2N5O. The van der Waals surface area contributed by atoms with Crippen molar-refractivity contribution in [2.45, 2.75) is 38.1 Å². The van der Waals surface area contributed by atoms with Crippen molar-refractivity contribution in [2.75, 3.05) is 11.6 Å². The molecule has 0 aliphatic carbocycles. The highest BCUT2D eigenvalue weighted by Crippen LogP contribution is 2.33. The number of anilines is 1. The summed E-state index contributed by atoms with van der Waals surface area (Å²) >= 11 is 12.6. The highest BCUT2D eigenvalue weighted by molar-refractivity contribution is 6.35. The van der Waals surface area contributed by atoms with E-state index in [0.29, 0.717) is 29.4 Å². The van der Waals surface area contributed by atoms with Gasteiger partial charge in [-0.2, -0.15) is 5.10 Å². The van der Waals surface area contributed by atoms with E-state index in [9.17, 15) is 4.79 Å². The molecule has 188 valence electrons. The van der Waals surface area contributed by atoms with Crippen LogP contribution in [0.4, 0.5) is 5.69 Å². The molecule has 0 saturated heterocycles. The Balaban J connectivity index is 1.26. The molecule has 1 unspecified atom stereocenters. The van der Waals surface area contributed by atoms with Gasteiger partial charge >= 0.3 is 0 Å². The number of nitrogens with zero attached hydrogens (tertiary/aromatic N) is 4. The molecule has 0 spiro atoms. The van der Waals surface area contributed by atoms with E-state index in [1.165, 1.54) is 5.39 Å². The number of aromatic nitrogens is 2. The number of rotatable bonds is 9. The van der Waals surface area contributed by atoms with Crippen molar-refractivity contribution in [2.24, 2.45) is 5.10 Å². The van der Waals surface area contributed by atoms with Crippen LogP contribution in [0.1, 0.15) is 36.9 Å². The minimum Gasteiger partial charge on any atom is -0.356 e. The zero-order chi connectivity index (χ0) is 25.6. The second-order valence-corrected chi connectivity index (χ2v) is 10.0. The molecule has 1 aliphatic heterocycles. The van der Waals surface area contributed by atoms with Crippen molar-refractivity contribution in [1.29, 1.82) is 0 Å². The maximum absolute atomic E-state index is 12.4. The van der Waals surface area contributed by atoms with Crippen LogP contribution in [0.15, 0.2) is 84.4 Å². The van der Waals surface area contributed by atoms with Gasteiger partial charge < -0.3 is 5.32 Å². The van der Waals surface area contributed by atoms with E-state index in [2.05, 4.69) is 50.6 Å². The molecule has 37 heavy (non-hydrogen) atoms. The largest absolute Gasteiger partial charge is 0.356 e.